The van der Waals surface area contributed by atoms with Crippen LogP contribution < -0.4 is 5.32 Å². The summed E-state index contributed by atoms with van der Waals surface area (Å²) in [5.74, 6) is -0.230. The zero-order valence-electron chi connectivity index (χ0n) is 7.67. The average molecular weight is 182 g/mol. The highest BCUT2D eigenvalue weighted by atomic mass is 16.5. The Kier molecular flexibility index (Phi) is 4.05. The van der Waals surface area contributed by atoms with E-state index in [4.69, 9.17) is 0 Å². The predicted molar refractivity (Wildman–Crippen MR) is 49.4 cm³/mol. The summed E-state index contributed by atoms with van der Waals surface area (Å²) in [6.45, 7) is 1.05. The number of nitrogens with one attached hydrogen (secondary N) is 2. The lowest BCUT2D eigenvalue weighted by Crippen LogP contribution is -2.25. The largest absolute Gasteiger partial charge is 0.468 e. The van der Waals surface area contributed by atoms with Crippen LogP contribution in [-0.2, 0) is 16.0 Å². The SMILES string of the molecule is COC(=O)CNCCc1ccc[nH]1. The molecule has 13 heavy (non-hydrogen) atoms. The fraction of sp³-hybridized carbons (Fsp3) is 0.444. The monoisotopic (exact) mass is 182 g/mol. The maximum absolute atomic E-state index is 10.7. The average Bonchev–Trinajstić information content (AvgIpc) is 2.64. The summed E-state index contributed by atoms with van der Waals surface area (Å²) in [4.78, 5) is 13.8. The molecule has 4 heteroatoms. The number of carbonyl (C=O) groups excluding carboxylic acids is 1. The second-order valence-corrected chi connectivity index (χ2v) is 2.70. The smallest absolute Gasteiger partial charge is 0.319 e. The minimum Gasteiger partial charge on any atom is -0.468 e. The van der Waals surface area contributed by atoms with Gasteiger partial charge >= 0.3 is 5.97 Å². The van der Waals surface area contributed by atoms with Gasteiger partial charge in [0.2, 0.25) is 0 Å². The van der Waals surface area contributed by atoms with E-state index in [2.05, 4.69) is 15.0 Å². The third-order valence-corrected chi connectivity index (χ3v) is 1.73. The zero-order chi connectivity index (χ0) is 9.52. The fourth-order valence-electron chi connectivity index (χ4n) is 1.01. The third kappa shape index (κ3) is 3.75. The van der Waals surface area contributed by atoms with Gasteiger partial charge in [0.15, 0.2) is 0 Å². The lowest BCUT2D eigenvalue weighted by molar-refractivity contribution is -0.139. The van der Waals surface area contributed by atoms with E-state index >= 15 is 0 Å². The minimum absolute atomic E-state index is 0.230. The second-order valence-electron chi connectivity index (χ2n) is 2.70. The molecule has 0 aliphatic carbocycles. The number of methoxy groups -OCH3 is 1. The molecular weight excluding hydrogens is 168 g/mol. The normalized spacial score (nSPS) is 9.92. The Morgan fingerprint density at radius 2 is 2.54 bits per heavy atom. The van der Waals surface area contributed by atoms with Gasteiger partial charge < -0.3 is 15.0 Å². The lowest BCUT2D eigenvalue weighted by Gasteiger charge is -2.01. The van der Waals surface area contributed by atoms with E-state index in [0.29, 0.717) is 0 Å². The summed E-state index contributed by atoms with van der Waals surface area (Å²) < 4.78 is 4.48. The van der Waals surface area contributed by atoms with E-state index in [-0.39, 0.29) is 12.5 Å². The van der Waals surface area contributed by atoms with Gasteiger partial charge in [0.05, 0.1) is 13.7 Å². The third-order valence-electron chi connectivity index (χ3n) is 1.73. The summed E-state index contributed by atoms with van der Waals surface area (Å²) in [6.07, 6.45) is 2.78. The molecule has 72 valence electrons. The van der Waals surface area contributed by atoms with Crippen molar-refractivity contribution in [3.05, 3.63) is 24.0 Å². The molecule has 1 heterocycles. The van der Waals surface area contributed by atoms with Crippen molar-refractivity contribution in [2.45, 2.75) is 6.42 Å². The summed E-state index contributed by atoms with van der Waals surface area (Å²) in [5.41, 5.74) is 1.16. The molecule has 0 radical (unpaired) electrons. The summed E-state index contributed by atoms with van der Waals surface area (Å²) in [5, 5.41) is 2.98. The van der Waals surface area contributed by atoms with Gasteiger partial charge in [-0.25, -0.2) is 0 Å². The first-order chi connectivity index (χ1) is 6.33. The van der Waals surface area contributed by atoms with Crippen molar-refractivity contribution in [1.82, 2.24) is 10.3 Å². The molecule has 0 amide bonds. The number of hydrogen-bond donors (Lipinski definition) is 2. The van der Waals surface area contributed by atoms with Gasteiger partial charge in [0, 0.05) is 18.4 Å². The van der Waals surface area contributed by atoms with Crippen LogP contribution in [0.2, 0.25) is 0 Å². The number of ether oxygens (including phenoxy) is 1. The molecule has 0 aliphatic rings. The lowest BCUT2D eigenvalue weighted by atomic mass is 10.3. The molecule has 1 aromatic rings. The van der Waals surface area contributed by atoms with Crippen molar-refractivity contribution in [1.29, 1.82) is 0 Å². The van der Waals surface area contributed by atoms with E-state index in [9.17, 15) is 4.79 Å². The Morgan fingerprint density at radius 1 is 1.69 bits per heavy atom. The molecule has 0 saturated carbocycles. The number of hydrogen-bond acceptors (Lipinski definition) is 3. The Hall–Kier alpha value is -1.29. The molecule has 1 aromatic heterocycles. The summed E-state index contributed by atoms with van der Waals surface area (Å²) in [7, 11) is 1.38. The fourth-order valence-corrected chi connectivity index (χ4v) is 1.01. The van der Waals surface area contributed by atoms with Gasteiger partial charge in [0.25, 0.3) is 0 Å². The molecule has 2 N–H and O–H groups in total. The van der Waals surface area contributed by atoms with Crippen molar-refractivity contribution in [3.63, 3.8) is 0 Å². The number of rotatable bonds is 5. The maximum Gasteiger partial charge on any atom is 0.319 e. The quantitative estimate of drug-likeness (QED) is 0.509. The van der Waals surface area contributed by atoms with Crippen molar-refractivity contribution < 1.29 is 9.53 Å². The van der Waals surface area contributed by atoms with Gasteiger partial charge in [-0.3, -0.25) is 4.79 Å². The van der Waals surface area contributed by atoms with Gasteiger partial charge in [0.1, 0.15) is 0 Å². The molecule has 0 fully saturated rings. The number of aromatic amines is 1. The van der Waals surface area contributed by atoms with Crippen LogP contribution in [0.25, 0.3) is 0 Å². The first-order valence-corrected chi connectivity index (χ1v) is 4.22. The molecule has 0 spiro atoms. The molecule has 0 aliphatic heterocycles. The highest BCUT2D eigenvalue weighted by Gasteiger charge is 1.98. The molecule has 0 bridgehead atoms. The Bertz CT molecular complexity index is 244. The first kappa shape index (κ1) is 9.80. The van der Waals surface area contributed by atoms with E-state index in [1.807, 2.05) is 18.3 Å². The molecule has 0 aromatic carbocycles. The van der Waals surface area contributed by atoms with E-state index in [1.165, 1.54) is 7.11 Å². The highest BCUT2D eigenvalue weighted by Crippen LogP contribution is 1.93. The van der Waals surface area contributed by atoms with Crippen LogP contribution in [0.5, 0.6) is 0 Å². The van der Waals surface area contributed by atoms with Gasteiger partial charge in [-0.1, -0.05) is 0 Å². The number of carbonyl (C=O) groups is 1. The van der Waals surface area contributed by atoms with Crippen molar-refractivity contribution in [2.24, 2.45) is 0 Å². The van der Waals surface area contributed by atoms with E-state index in [1.54, 1.807) is 0 Å². The van der Waals surface area contributed by atoms with Crippen LogP contribution in [0.1, 0.15) is 5.69 Å². The number of aromatic nitrogens is 1. The molecule has 0 unspecified atom stereocenters. The highest BCUT2D eigenvalue weighted by molar-refractivity contribution is 5.71. The van der Waals surface area contributed by atoms with Crippen LogP contribution >= 0.6 is 0 Å². The topological polar surface area (TPSA) is 54.1 Å². The Balaban J connectivity index is 2.05. The van der Waals surface area contributed by atoms with Crippen LogP contribution in [-0.4, -0.2) is 31.2 Å². The van der Waals surface area contributed by atoms with Crippen molar-refractivity contribution in [2.75, 3.05) is 20.2 Å². The summed E-state index contributed by atoms with van der Waals surface area (Å²) in [6, 6.07) is 3.97. The van der Waals surface area contributed by atoms with Gasteiger partial charge in [-0.05, 0) is 18.6 Å². The van der Waals surface area contributed by atoms with E-state index < -0.39 is 0 Å². The van der Waals surface area contributed by atoms with Crippen LogP contribution in [0.3, 0.4) is 0 Å². The van der Waals surface area contributed by atoms with Crippen LogP contribution in [0.15, 0.2) is 18.3 Å². The number of esters is 1. The maximum atomic E-state index is 10.7. The van der Waals surface area contributed by atoms with Crippen molar-refractivity contribution in [3.8, 4) is 0 Å². The number of H-pyrrole nitrogens is 1. The minimum atomic E-state index is -0.230. The van der Waals surface area contributed by atoms with Crippen molar-refractivity contribution >= 4 is 5.97 Å². The first-order valence-electron chi connectivity index (χ1n) is 4.22. The second kappa shape index (κ2) is 5.37. The van der Waals surface area contributed by atoms with Gasteiger partial charge in [-0.2, -0.15) is 0 Å². The molecule has 1 rings (SSSR count). The molecular formula is C9H14N2O2. The van der Waals surface area contributed by atoms with E-state index in [0.717, 1.165) is 18.7 Å². The standard InChI is InChI=1S/C9H14N2O2/c1-13-9(12)7-10-6-4-8-3-2-5-11-8/h2-3,5,10-11H,4,6-7H2,1H3. The zero-order valence-corrected chi connectivity index (χ0v) is 7.67. The molecule has 4 nitrogen and oxygen atoms in total. The van der Waals surface area contributed by atoms with Crippen LogP contribution in [0, 0.1) is 0 Å². The predicted octanol–water partition coefficient (Wildman–Crippen LogP) is 0.320. The Labute approximate surface area is 77.3 Å². The Morgan fingerprint density at radius 3 is 3.15 bits per heavy atom. The molecule has 0 atom stereocenters. The van der Waals surface area contributed by atoms with Gasteiger partial charge in [-0.15, -0.1) is 0 Å². The summed E-state index contributed by atoms with van der Waals surface area (Å²) >= 11 is 0. The van der Waals surface area contributed by atoms with Crippen LogP contribution in [0.4, 0.5) is 0 Å². The molecule has 0 saturated heterocycles.